The molecule has 0 spiro atoms. The molecule has 1 nitrogen and oxygen atoms in total. The summed E-state index contributed by atoms with van der Waals surface area (Å²) in [5.74, 6) is 0. The number of hydrogen-bond acceptors (Lipinski definition) is 1. The second-order valence-corrected chi connectivity index (χ2v) is 4.95. The second-order valence-electron chi connectivity index (χ2n) is 4.95. The van der Waals surface area contributed by atoms with E-state index in [2.05, 4.69) is 44.3 Å². The maximum absolute atomic E-state index is 3.37. The van der Waals surface area contributed by atoms with Crippen molar-refractivity contribution >= 4 is 0 Å². The van der Waals surface area contributed by atoms with Crippen molar-refractivity contribution in [2.45, 2.75) is 52.9 Å². The van der Waals surface area contributed by atoms with Gasteiger partial charge in [0.15, 0.2) is 0 Å². The van der Waals surface area contributed by atoms with Crippen molar-refractivity contribution in [2.24, 2.45) is 0 Å². The van der Waals surface area contributed by atoms with E-state index in [0.29, 0.717) is 0 Å². The van der Waals surface area contributed by atoms with Gasteiger partial charge in [-0.25, -0.2) is 0 Å². The third-order valence-corrected chi connectivity index (χ3v) is 3.30. The van der Waals surface area contributed by atoms with Crippen LogP contribution in [-0.2, 0) is 6.42 Å². The van der Waals surface area contributed by atoms with E-state index < -0.39 is 0 Å². The molecule has 0 saturated heterocycles. The summed E-state index contributed by atoms with van der Waals surface area (Å²) in [6.07, 6.45) is 6.61. The minimum absolute atomic E-state index is 1.10. The summed E-state index contributed by atoms with van der Waals surface area (Å²) in [6, 6.07) is 6.79. The highest BCUT2D eigenvalue weighted by Gasteiger charge is 1.98. The van der Waals surface area contributed by atoms with Crippen LogP contribution in [0.1, 0.15) is 49.3 Å². The average Bonchev–Trinajstić information content (AvgIpc) is 2.32. The number of rotatable bonds is 8. The molecule has 1 aromatic carbocycles. The normalized spacial score (nSPS) is 10.8. The van der Waals surface area contributed by atoms with Crippen LogP contribution in [0.25, 0.3) is 0 Å². The monoisotopic (exact) mass is 233 g/mol. The Balaban J connectivity index is 2.15. The lowest BCUT2D eigenvalue weighted by Gasteiger charge is -2.07. The van der Waals surface area contributed by atoms with E-state index >= 15 is 0 Å². The SMILES string of the molecule is CCNCCCCCCc1cc(C)ccc1C. The predicted molar refractivity (Wildman–Crippen MR) is 76.6 cm³/mol. The molecular weight excluding hydrogens is 206 g/mol. The van der Waals surface area contributed by atoms with Crippen LogP contribution in [0.3, 0.4) is 0 Å². The van der Waals surface area contributed by atoms with Crippen LogP contribution in [-0.4, -0.2) is 13.1 Å². The van der Waals surface area contributed by atoms with Crippen molar-refractivity contribution in [1.29, 1.82) is 0 Å². The third-order valence-electron chi connectivity index (χ3n) is 3.30. The van der Waals surface area contributed by atoms with Gasteiger partial charge >= 0.3 is 0 Å². The van der Waals surface area contributed by atoms with Crippen LogP contribution in [0, 0.1) is 13.8 Å². The van der Waals surface area contributed by atoms with Crippen molar-refractivity contribution in [3.8, 4) is 0 Å². The van der Waals surface area contributed by atoms with Gasteiger partial charge in [0, 0.05) is 0 Å². The summed E-state index contributed by atoms with van der Waals surface area (Å²) in [5.41, 5.74) is 4.37. The Morgan fingerprint density at radius 2 is 1.76 bits per heavy atom. The van der Waals surface area contributed by atoms with Gasteiger partial charge in [0.1, 0.15) is 0 Å². The van der Waals surface area contributed by atoms with Crippen LogP contribution >= 0.6 is 0 Å². The molecule has 96 valence electrons. The zero-order valence-corrected chi connectivity index (χ0v) is 11.7. The van der Waals surface area contributed by atoms with Crippen molar-refractivity contribution < 1.29 is 0 Å². The first-order chi connectivity index (χ1) is 8.24. The van der Waals surface area contributed by atoms with Gasteiger partial charge in [0.2, 0.25) is 0 Å². The first-order valence-electron chi connectivity index (χ1n) is 7.01. The largest absolute Gasteiger partial charge is 0.317 e. The maximum Gasteiger partial charge on any atom is -0.00490 e. The molecule has 1 heteroatoms. The van der Waals surface area contributed by atoms with Gasteiger partial charge in [-0.2, -0.15) is 0 Å². The molecule has 0 aliphatic rings. The van der Waals surface area contributed by atoms with E-state index in [4.69, 9.17) is 0 Å². The van der Waals surface area contributed by atoms with E-state index in [1.165, 1.54) is 55.3 Å². The molecule has 0 saturated carbocycles. The molecule has 0 aliphatic carbocycles. The first kappa shape index (κ1) is 14.2. The Kier molecular flexibility index (Phi) is 6.95. The molecule has 1 rings (SSSR count). The van der Waals surface area contributed by atoms with Crippen LogP contribution in [0.2, 0.25) is 0 Å². The third kappa shape index (κ3) is 5.88. The first-order valence-corrected chi connectivity index (χ1v) is 7.01. The van der Waals surface area contributed by atoms with Gasteiger partial charge in [-0.15, -0.1) is 0 Å². The Morgan fingerprint density at radius 3 is 2.53 bits per heavy atom. The molecule has 1 N–H and O–H groups in total. The van der Waals surface area contributed by atoms with Crippen molar-refractivity contribution in [3.05, 3.63) is 34.9 Å². The van der Waals surface area contributed by atoms with Gasteiger partial charge < -0.3 is 5.32 Å². The molecule has 0 radical (unpaired) electrons. The second kappa shape index (κ2) is 8.30. The molecule has 0 unspecified atom stereocenters. The van der Waals surface area contributed by atoms with Gasteiger partial charge in [0.05, 0.1) is 0 Å². The summed E-state index contributed by atoms with van der Waals surface area (Å²) < 4.78 is 0. The molecule has 0 bridgehead atoms. The molecule has 0 aromatic heterocycles. The van der Waals surface area contributed by atoms with E-state index in [9.17, 15) is 0 Å². The smallest absolute Gasteiger partial charge is 0.00490 e. The Labute approximate surface area is 107 Å². The predicted octanol–water partition coefficient (Wildman–Crippen LogP) is 4.02. The number of benzene rings is 1. The zero-order chi connectivity index (χ0) is 12.5. The summed E-state index contributed by atoms with van der Waals surface area (Å²) in [7, 11) is 0. The minimum Gasteiger partial charge on any atom is -0.317 e. The molecule has 0 heterocycles. The maximum atomic E-state index is 3.37. The van der Waals surface area contributed by atoms with Crippen LogP contribution in [0.4, 0.5) is 0 Å². The molecule has 0 amide bonds. The number of aryl methyl sites for hydroxylation is 3. The topological polar surface area (TPSA) is 12.0 Å². The van der Waals surface area contributed by atoms with E-state index in [-0.39, 0.29) is 0 Å². The average molecular weight is 233 g/mol. The summed E-state index contributed by atoms with van der Waals surface area (Å²) in [6.45, 7) is 8.85. The zero-order valence-electron chi connectivity index (χ0n) is 11.7. The highest BCUT2D eigenvalue weighted by Crippen LogP contribution is 2.14. The fourth-order valence-electron chi connectivity index (χ4n) is 2.17. The molecular formula is C16H27N. The lowest BCUT2D eigenvalue weighted by molar-refractivity contribution is 0.597. The van der Waals surface area contributed by atoms with Crippen LogP contribution in [0.5, 0.6) is 0 Å². The standard InChI is InChI=1S/C16H27N/c1-4-17-12-8-6-5-7-9-16-13-14(2)10-11-15(16)3/h10-11,13,17H,4-9,12H2,1-3H3. The van der Waals surface area contributed by atoms with E-state index in [1.807, 2.05) is 0 Å². The highest BCUT2D eigenvalue weighted by atomic mass is 14.8. The van der Waals surface area contributed by atoms with Crippen LogP contribution < -0.4 is 5.32 Å². The molecule has 0 aliphatic heterocycles. The van der Waals surface area contributed by atoms with E-state index in [1.54, 1.807) is 0 Å². The fourth-order valence-corrected chi connectivity index (χ4v) is 2.17. The molecule has 1 aromatic rings. The molecule has 0 fully saturated rings. The lowest BCUT2D eigenvalue weighted by Crippen LogP contribution is -2.13. The van der Waals surface area contributed by atoms with Crippen molar-refractivity contribution in [1.82, 2.24) is 5.32 Å². The van der Waals surface area contributed by atoms with Crippen LogP contribution in [0.15, 0.2) is 18.2 Å². The van der Waals surface area contributed by atoms with Gasteiger partial charge in [0.25, 0.3) is 0 Å². The molecule has 17 heavy (non-hydrogen) atoms. The Morgan fingerprint density at radius 1 is 1.00 bits per heavy atom. The Bertz CT molecular complexity index is 317. The summed E-state index contributed by atoms with van der Waals surface area (Å²) >= 11 is 0. The van der Waals surface area contributed by atoms with E-state index in [0.717, 1.165) is 6.54 Å². The summed E-state index contributed by atoms with van der Waals surface area (Å²) in [5, 5.41) is 3.37. The number of nitrogens with one attached hydrogen (secondary N) is 1. The van der Waals surface area contributed by atoms with Gasteiger partial charge in [-0.3, -0.25) is 0 Å². The van der Waals surface area contributed by atoms with Crippen molar-refractivity contribution in [3.63, 3.8) is 0 Å². The fraction of sp³-hybridized carbons (Fsp3) is 0.625. The molecule has 0 atom stereocenters. The quantitative estimate of drug-likeness (QED) is 0.669. The van der Waals surface area contributed by atoms with Crippen molar-refractivity contribution in [2.75, 3.05) is 13.1 Å². The number of unbranched alkanes of at least 4 members (excludes halogenated alkanes) is 3. The minimum atomic E-state index is 1.10. The van der Waals surface area contributed by atoms with Gasteiger partial charge in [-0.05, 0) is 57.3 Å². The summed E-state index contributed by atoms with van der Waals surface area (Å²) in [4.78, 5) is 0. The highest BCUT2D eigenvalue weighted by molar-refractivity contribution is 5.30. The van der Waals surface area contributed by atoms with Gasteiger partial charge in [-0.1, -0.05) is 43.5 Å². The Hall–Kier alpha value is -0.820. The number of hydrogen-bond donors (Lipinski definition) is 1. The lowest BCUT2D eigenvalue weighted by atomic mass is 10.00.